The van der Waals surface area contributed by atoms with Crippen LogP contribution in [0, 0.1) is 5.92 Å². The van der Waals surface area contributed by atoms with E-state index in [0.717, 1.165) is 12.8 Å². The van der Waals surface area contributed by atoms with Crippen LogP contribution >= 0.6 is 0 Å². The Labute approximate surface area is 95.6 Å². The SMILES string of the molecule is CC(C)OCC(CCCN=C=O)CN=C=O. The molecule has 16 heavy (non-hydrogen) atoms. The average Bonchev–Trinajstić information content (AvgIpc) is 2.26. The van der Waals surface area contributed by atoms with Gasteiger partial charge >= 0.3 is 0 Å². The van der Waals surface area contributed by atoms with Crippen LogP contribution in [0.4, 0.5) is 0 Å². The molecule has 0 aliphatic heterocycles. The largest absolute Gasteiger partial charge is 0.378 e. The Hall–Kier alpha value is -1.28. The van der Waals surface area contributed by atoms with Crippen LogP contribution in [0.2, 0.25) is 0 Å². The molecule has 0 spiro atoms. The van der Waals surface area contributed by atoms with Crippen molar-refractivity contribution >= 4 is 12.2 Å². The van der Waals surface area contributed by atoms with Crippen molar-refractivity contribution in [1.29, 1.82) is 0 Å². The molecule has 0 rings (SSSR count). The number of hydrogen-bond donors (Lipinski definition) is 0. The van der Waals surface area contributed by atoms with E-state index in [1.165, 1.54) is 12.2 Å². The maximum absolute atomic E-state index is 10.0. The normalized spacial score (nSPS) is 11.7. The lowest BCUT2D eigenvalue weighted by Crippen LogP contribution is -2.16. The van der Waals surface area contributed by atoms with E-state index >= 15 is 0 Å². The molecule has 0 aromatic rings. The molecule has 5 heteroatoms. The highest BCUT2D eigenvalue weighted by atomic mass is 16.5. The van der Waals surface area contributed by atoms with Crippen LogP contribution in [-0.4, -0.2) is 38.0 Å². The second kappa shape index (κ2) is 10.2. The molecule has 0 radical (unpaired) electrons. The van der Waals surface area contributed by atoms with Crippen LogP contribution < -0.4 is 0 Å². The van der Waals surface area contributed by atoms with Gasteiger partial charge in [-0.05, 0) is 26.7 Å². The summed E-state index contributed by atoms with van der Waals surface area (Å²) >= 11 is 0. The van der Waals surface area contributed by atoms with E-state index in [-0.39, 0.29) is 12.0 Å². The number of hydrogen-bond acceptors (Lipinski definition) is 5. The minimum Gasteiger partial charge on any atom is -0.378 e. The summed E-state index contributed by atoms with van der Waals surface area (Å²) in [7, 11) is 0. The van der Waals surface area contributed by atoms with Gasteiger partial charge in [-0.15, -0.1) is 0 Å². The van der Waals surface area contributed by atoms with Gasteiger partial charge in [0.2, 0.25) is 12.2 Å². The summed E-state index contributed by atoms with van der Waals surface area (Å²) in [5.74, 6) is 0.186. The van der Waals surface area contributed by atoms with Gasteiger partial charge in [0.15, 0.2) is 0 Å². The zero-order valence-corrected chi connectivity index (χ0v) is 9.81. The van der Waals surface area contributed by atoms with Crippen molar-refractivity contribution in [2.75, 3.05) is 19.7 Å². The first-order valence-corrected chi connectivity index (χ1v) is 5.39. The molecule has 0 saturated heterocycles. The van der Waals surface area contributed by atoms with Crippen molar-refractivity contribution in [3.05, 3.63) is 0 Å². The molecule has 90 valence electrons. The third-order valence-electron chi connectivity index (χ3n) is 2.03. The highest BCUT2D eigenvalue weighted by molar-refractivity contribution is 5.33. The van der Waals surface area contributed by atoms with Crippen LogP contribution in [0.25, 0.3) is 0 Å². The zero-order valence-electron chi connectivity index (χ0n) is 9.81. The number of ether oxygens (including phenoxy) is 1. The Balaban J connectivity index is 3.88. The van der Waals surface area contributed by atoms with Crippen molar-refractivity contribution in [2.24, 2.45) is 15.9 Å². The van der Waals surface area contributed by atoms with Crippen molar-refractivity contribution in [3.63, 3.8) is 0 Å². The van der Waals surface area contributed by atoms with Crippen LogP contribution in [0.5, 0.6) is 0 Å². The van der Waals surface area contributed by atoms with Crippen LogP contribution in [0.3, 0.4) is 0 Å². The monoisotopic (exact) mass is 226 g/mol. The first-order valence-electron chi connectivity index (χ1n) is 5.39. The summed E-state index contributed by atoms with van der Waals surface area (Å²) in [5, 5.41) is 0. The Morgan fingerprint density at radius 1 is 1.19 bits per heavy atom. The van der Waals surface area contributed by atoms with Crippen LogP contribution in [0.1, 0.15) is 26.7 Å². The van der Waals surface area contributed by atoms with Gasteiger partial charge in [-0.2, -0.15) is 0 Å². The molecule has 0 fully saturated rings. The Kier molecular flexibility index (Phi) is 9.43. The summed E-state index contributed by atoms with van der Waals surface area (Å²) in [4.78, 5) is 26.9. The third kappa shape index (κ3) is 9.28. The lowest BCUT2D eigenvalue weighted by Gasteiger charge is -2.15. The Morgan fingerprint density at radius 3 is 2.44 bits per heavy atom. The fraction of sp³-hybridized carbons (Fsp3) is 0.818. The van der Waals surface area contributed by atoms with Gasteiger partial charge in [-0.1, -0.05) is 0 Å². The predicted molar refractivity (Wildman–Crippen MR) is 59.8 cm³/mol. The van der Waals surface area contributed by atoms with Crippen molar-refractivity contribution in [3.8, 4) is 0 Å². The molecule has 1 atom stereocenters. The van der Waals surface area contributed by atoms with Gasteiger partial charge < -0.3 is 4.74 Å². The molecular formula is C11H18N2O3. The minimum absolute atomic E-state index is 0.163. The molecule has 0 amide bonds. The molecule has 5 nitrogen and oxygen atoms in total. The fourth-order valence-electron chi connectivity index (χ4n) is 1.23. The molecule has 0 saturated carbocycles. The number of rotatable bonds is 9. The van der Waals surface area contributed by atoms with Crippen molar-refractivity contribution in [1.82, 2.24) is 0 Å². The maximum Gasteiger partial charge on any atom is 0.234 e. The quantitative estimate of drug-likeness (QED) is 0.340. The molecule has 0 aromatic heterocycles. The topological polar surface area (TPSA) is 68.1 Å². The second-order valence-electron chi connectivity index (χ2n) is 3.80. The van der Waals surface area contributed by atoms with Crippen LogP contribution in [0.15, 0.2) is 9.98 Å². The van der Waals surface area contributed by atoms with Gasteiger partial charge in [0.25, 0.3) is 0 Å². The fourth-order valence-corrected chi connectivity index (χ4v) is 1.23. The summed E-state index contributed by atoms with van der Waals surface area (Å²) in [6.45, 7) is 5.36. The van der Waals surface area contributed by atoms with Gasteiger partial charge in [-0.25, -0.2) is 19.6 Å². The van der Waals surface area contributed by atoms with Gasteiger partial charge in [0.1, 0.15) is 0 Å². The van der Waals surface area contributed by atoms with Crippen LogP contribution in [-0.2, 0) is 14.3 Å². The molecule has 0 N–H and O–H groups in total. The van der Waals surface area contributed by atoms with E-state index in [9.17, 15) is 9.59 Å². The highest BCUT2D eigenvalue weighted by Crippen LogP contribution is 2.09. The van der Waals surface area contributed by atoms with Crippen molar-refractivity contribution in [2.45, 2.75) is 32.8 Å². The van der Waals surface area contributed by atoms with E-state index in [1.54, 1.807) is 0 Å². The smallest absolute Gasteiger partial charge is 0.234 e. The summed E-state index contributed by atoms with van der Waals surface area (Å²) in [6.07, 6.45) is 4.77. The number of carbonyl (C=O) groups excluding carboxylic acids is 2. The van der Waals surface area contributed by atoms with E-state index < -0.39 is 0 Å². The first kappa shape index (κ1) is 14.7. The van der Waals surface area contributed by atoms with E-state index in [2.05, 4.69) is 9.98 Å². The molecule has 1 unspecified atom stereocenters. The summed E-state index contributed by atoms with van der Waals surface area (Å²) < 4.78 is 5.46. The average molecular weight is 226 g/mol. The summed E-state index contributed by atoms with van der Waals surface area (Å²) in [6, 6.07) is 0. The Morgan fingerprint density at radius 2 is 1.88 bits per heavy atom. The van der Waals surface area contributed by atoms with E-state index in [1.807, 2.05) is 13.8 Å². The highest BCUT2D eigenvalue weighted by Gasteiger charge is 2.09. The zero-order chi connectivity index (χ0) is 12.2. The number of aliphatic imine (C=N–C) groups is 2. The standard InChI is InChI=1S/C11H18N2O3/c1-10(2)16-7-11(6-13-9-15)4-3-5-12-8-14/h10-11H,3-7H2,1-2H3. The minimum atomic E-state index is 0.163. The van der Waals surface area contributed by atoms with Gasteiger partial charge in [0, 0.05) is 5.92 Å². The second-order valence-corrected chi connectivity index (χ2v) is 3.80. The molecule has 0 heterocycles. The van der Waals surface area contributed by atoms with Gasteiger partial charge in [-0.3, -0.25) is 0 Å². The lowest BCUT2D eigenvalue weighted by atomic mass is 10.0. The maximum atomic E-state index is 10.0. The Bertz CT molecular complexity index is 266. The first-order chi connectivity index (χ1) is 7.70. The molecule has 0 aromatic carbocycles. The number of isocyanates is 2. The molecule has 0 aliphatic carbocycles. The van der Waals surface area contributed by atoms with E-state index in [0.29, 0.717) is 19.7 Å². The lowest BCUT2D eigenvalue weighted by molar-refractivity contribution is 0.0508. The third-order valence-corrected chi connectivity index (χ3v) is 2.03. The summed E-state index contributed by atoms with van der Waals surface area (Å²) in [5.41, 5.74) is 0. The van der Waals surface area contributed by atoms with E-state index in [4.69, 9.17) is 4.74 Å². The number of nitrogens with zero attached hydrogens (tertiary/aromatic N) is 2. The van der Waals surface area contributed by atoms with Gasteiger partial charge in [0.05, 0.1) is 25.8 Å². The predicted octanol–water partition coefficient (Wildman–Crippen LogP) is 1.48. The van der Waals surface area contributed by atoms with Crippen molar-refractivity contribution < 1.29 is 14.3 Å². The molecule has 0 bridgehead atoms. The molecular weight excluding hydrogens is 208 g/mol. The molecule has 0 aliphatic rings.